The van der Waals surface area contributed by atoms with Crippen molar-refractivity contribution in [1.82, 2.24) is 29.8 Å². The molecule has 17 aromatic rings. The number of ether oxygens (including phenoxy) is 15. The fraction of sp³-hybridized carbons (Fsp3) is 0.236. The number of carboxylic acid groups (broad SMARTS) is 1. The number of pyridine rings is 5. The Bertz CT molecular complexity index is 6490. The number of nitrogen functional groups attached to an aromatic ring is 1. The summed E-state index contributed by atoms with van der Waals surface area (Å²) in [4.78, 5) is 85.9. The number of esters is 2. The van der Waals surface area contributed by atoms with Gasteiger partial charge in [0.15, 0.2) is 34.5 Å². The number of aliphatic hydroxyl groups is 1. The molecule has 1 aliphatic rings. The Morgan fingerprint density at radius 3 is 1.13 bits per heavy atom. The van der Waals surface area contributed by atoms with Crippen molar-refractivity contribution in [3.05, 3.63) is 164 Å². The average Bonchev–Trinajstić information content (AvgIpc) is 1.61. The molecule has 6 aromatic carbocycles. The molecule has 1 amide bonds. The number of benzene rings is 6. The van der Waals surface area contributed by atoms with Crippen molar-refractivity contribution >= 4 is 218 Å². The van der Waals surface area contributed by atoms with Crippen LogP contribution in [0.2, 0.25) is 0 Å². The monoisotopic (exact) mass is 1790 g/mol. The molecule has 642 valence electrons. The van der Waals surface area contributed by atoms with Gasteiger partial charge in [0, 0.05) is 126 Å². The van der Waals surface area contributed by atoms with Crippen molar-refractivity contribution in [3.8, 4) is 69.0 Å². The number of aliphatic hydroxyl groups excluding tert-OH is 1. The number of carbonyl (C=O) groups is 5. The van der Waals surface area contributed by atoms with Crippen LogP contribution in [0.3, 0.4) is 0 Å². The minimum atomic E-state index is -0.961. The van der Waals surface area contributed by atoms with Gasteiger partial charge in [0.1, 0.15) is 76.9 Å². The number of carbonyl (C=O) groups excluding carboxylic acids is 4. The highest BCUT2D eigenvalue weighted by atomic mass is 32.1. The molecule has 124 heavy (non-hydrogen) atoms. The maximum Gasteiger partial charge on any atom is 0.348 e. The molecule has 0 aliphatic carbocycles. The number of aromatic carboxylic acids is 1. The van der Waals surface area contributed by atoms with Gasteiger partial charge in [-0.05, 0) is 105 Å². The van der Waals surface area contributed by atoms with E-state index in [1.807, 2.05) is 77.7 Å². The zero-order valence-electron chi connectivity index (χ0n) is 69.9. The number of Topliss-reactive ketones (excluding diaryl/α,β-unsaturated/α-hetero) is 1. The molecule has 4 N–H and O–H groups in total. The number of fused-ring (bicyclic) bond motifs is 11. The van der Waals surface area contributed by atoms with Gasteiger partial charge in [-0.1, -0.05) is 0 Å². The lowest BCUT2D eigenvalue weighted by molar-refractivity contribution is 0.0306. The molecule has 0 radical (unpaired) electrons. The molecule has 0 saturated carbocycles. The Morgan fingerprint density at radius 1 is 0.387 bits per heavy atom. The van der Waals surface area contributed by atoms with E-state index in [4.69, 9.17) is 81.9 Å². The van der Waals surface area contributed by atoms with Gasteiger partial charge in [-0.25, -0.2) is 14.4 Å². The van der Waals surface area contributed by atoms with Crippen LogP contribution in [-0.4, -0.2) is 195 Å². The highest BCUT2D eigenvalue weighted by Crippen LogP contribution is 2.52. The third-order valence-corrected chi connectivity index (χ3v) is 26.8. The standard InChI is InChI=1S/C18H18N2O4S.C15H13NO4S.C15H15NO3S.C15H13NO3S.C14H11NO4S.C12H13NO4S/c1-22-15-11-4-3-5-19-14(11)16(23-2)17-12(15)10-13(25-17)18(21)20-6-8-24-9-7-20;1-18-12-8-5-4-6-16-11(8)13(19-2)14-9(12)7-10(21-14)15(17)20-3;2*1-8(17)11-7-10-13(18-2)9-5-4-6-16-12(9)14(19-3)15(10)20-11;1-18-11-7-3-4-15-6-9(7)12(19-2)13-8(11)5-10(20-13)14(16)17;1-15-8-5-7(13)10(16-2)11-6(8)4-9(18-11)12(14)17-3/h3-5,10H,6-9H2,1-2H3;4-7H,1-3H3;4-8,17H,1-3H3;4-7H,1-3H3;3-6H,1-2H3,(H,16,17);4-5H,13H2,1-3H3. The minimum Gasteiger partial charge on any atom is -0.496 e. The highest BCUT2D eigenvalue weighted by Gasteiger charge is 2.29. The van der Waals surface area contributed by atoms with Gasteiger partial charge in [0.2, 0.25) is 0 Å². The van der Waals surface area contributed by atoms with Gasteiger partial charge in [0.05, 0.1) is 162 Å². The highest BCUT2D eigenvalue weighted by molar-refractivity contribution is 7.23. The molecule has 1 saturated heterocycles. The summed E-state index contributed by atoms with van der Waals surface area (Å²) in [5.74, 6) is 6.38. The largest absolute Gasteiger partial charge is 0.496 e. The minimum absolute atomic E-state index is 0.0191. The van der Waals surface area contributed by atoms with E-state index in [1.165, 1.54) is 89.4 Å². The summed E-state index contributed by atoms with van der Waals surface area (Å²) in [7, 11) is 21.9. The van der Waals surface area contributed by atoms with Gasteiger partial charge < -0.3 is 91.9 Å². The number of hydrogen-bond acceptors (Lipinski definition) is 33. The molecule has 1 atom stereocenters. The Kier molecular flexibility index (Phi) is 27.9. The topological polar surface area (TPSA) is 358 Å². The number of nitrogens with zero attached hydrogens (tertiary/aromatic N) is 6. The van der Waals surface area contributed by atoms with E-state index in [0.717, 1.165) is 137 Å². The lowest BCUT2D eigenvalue weighted by Gasteiger charge is -2.26. The zero-order chi connectivity index (χ0) is 88.5. The van der Waals surface area contributed by atoms with Crippen molar-refractivity contribution in [1.29, 1.82) is 0 Å². The summed E-state index contributed by atoms with van der Waals surface area (Å²) in [5.41, 5.74) is 9.32. The van der Waals surface area contributed by atoms with E-state index < -0.39 is 12.1 Å². The third-order valence-electron chi connectivity index (χ3n) is 19.8. The summed E-state index contributed by atoms with van der Waals surface area (Å²) in [6, 6.07) is 29.5. The smallest absolute Gasteiger partial charge is 0.348 e. The van der Waals surface area contributed by atoms with Gasteiger partial charge in [-0.15, -0.1) is 68.0 Å². The van der Waals surface area contributed by atoms with E-state index in [1.54, 1.807) is 154 Å². The van der Waals surface area contributed by atoms with Gasteiger partial charge in [0.25, 0.3) is 5.91 Å². The molecular formula is C89H83N7O22S6. The number of anilines is 1. The number of amides is 1. The Labute approximate surface area is 732 Å². The fourth-order valence-corrected chi connectivity index (χ4v) is 20.9. The van der Waals surface area contributed by atoms with Crippen LogP contribution in [0.15, 0.2) is 134 Å². The Morgan fingerprint density at radius 2 is 0.734 bits per heavy atom. The van der Waals surface area contributed by atoms with Crippen LogP contribution in [0.5, 0.6) is 69.0 Å². The molecule has 1 aliphatic heterocycles. The van der Waals surface area contributed by atoms with Crippen LogP contribution >= 0.6 is 68.0 Å². The van der Waals surface area contributed by atoms with Crippen molar-refractivity contribution in [2.45, 2.75) is 20.0 Å². The van der Waals surface area contributed by atoms with Crippen LogP contribution in [0.25, 0.3) is 115 Å². The number of rotatable bonds is 18. The lowest BCUT2D eigenvalue weighted by atomic mass is 10.1. The average molecular weight is 1800 g/mol. The van der Waals surface area contributed by atoms with Crippen LogP contribution < -0.4 is 62.6 Å². The zero-order valence-corrected chi connectivity index (χ0v) is 74.8. The first-order valence-corrected chi connectivity index (χ1v) is 42.5. The lowest BCUT2D eigenvalue weighted by Crippen LogP contribution is -2.40. The van der Waals surface area contributed by atoms with Gasteiger partial charge in [-0.3, -0.25) is 34.5 Å². The molecule has 12 heterocycles. The van der Waals surface area contributed by atoms with Crippen molar-refractivity contribution in [2.24, 2.45) is 0 Å². The summed E-state index contributed by atoms with van der Waals surface area (Å²) in [5, 5.41) is 29.2. The predicted molar refractivity (Wildman–Crippen MR) is 487 cm³/mol. The van der Waals surface area contributed by atoms with E-state index in [-0.39, 0.29) is 28.5 Å². The van der Waals surface area contributed by atoms with Crippen LogP contribution in [-0.2, 0) is 14.2 Å². The molecular weight excluding hydrogens is 1710 g/mol. The second-order valence-corrected chi connectivity index (χ2v) is 33.0. The SMILES string of the molecule is COC(=O)c1cc2c(OC)c3cccnc3c(OC)c2s1.COC(=O)c1cc2c(OC)cc(N)c(OC)c2s1.COc1c2cccnc2c(OC)c2sc(C(=O)N3CCOCC3)cc12.COc1c2cccnc2c(OC)c2sc(C(C)=O)cc12.COc1c2cccnc2c(OC)c2sc(C(C)O)cc12.COc1c2ccncc2c(OC)c2sc(C(=O)O)cc12. The number of nitrogens with two attached hydrogens (primary N) is 1. The number of thiophene rings is 6. The number of methoxy groups -OCH3 is 14. The summed E-state index contributed by atoms with van der Waals surface area (Å²) >= 11 is 8.07. The first kappa shape index (κ1) is 88.8. The molecule has 18 rings (SSSR count). The van der Waals surface area contributed by atoms with E-state index in [0.29, 0.717) is 103 Å². The molecule has 1 fully saturated rings. The quantitative estimate of drug-likeness (QED) is 0.0408. The molecule has 0 bridgehead atoms. The number of morpholine rings is 1. The van der Waals surface area contributed by atoms with Crippen LogP contribution in [0, 0.1) is 0 Å². The normalized spacial score (nSPS) is 11.9. The van der Waals surface area contributed by atoms with E-state index in [2.05, 4.69) is 24.9 Å². The van der Waals surface area contributed by atoms with E-state index in [9.17, 15) is 29.1 Å². The predicted octanol–water partition coefficient (Wildman–Crippen LogP) is 18.8. The first-order valence-electron chi connectivity index (χ1n) is 37.6. The Hall–Kier alpha value is -13.0. The number of hydrogen-bond donors (Lipinski definition) is 3. The van der Waals surface area contributed by atoms with Crippen LogP contribution in [0.4, 0.5) is 5.69 Å². The van der Waals surface area contributed by atoms with Crippen molar-refractivity contribution < 1.29 is 105 Å². The molecule has 35 heteroatoms. The molecule has 29 nitrogen and oxygen atoms in total. The number of carboxylic acids is 1. The Balaban J connectivity index is 0.000000128. The van der Waals surface area contributed by atoms with E-state index >= 15 is 0 Å². The fourth-order valence-electron chi connectivity index (χ4n) is 14.3. The maximum atomic E-state index is 12.8. The molecule has 11 aromatic heterocycles. The summed E-state index contributed by atoms with van der Waals surface area (Å²) < 4.78 is 85.8. The summed E-state index contributed by atoms with van der Waals surface area (Å²) in [6.45, 7) is 5.70. The second-order valence-electron chi connectivity index (χ2n) is 26.6. The molecule has 0 spiro atoms. The third kappa shape index (κ3) is 16.9. The number of ketones is 1. The van der Waals surface area contributed by atoms with Crippen molar-refractivity contribution in [3.63, 3.8) is 0 Å². The van der Waals surface area contributed by atoms with Crippen LogP contribution in [0.1, 0.15) is 73.2 Å². The second kappa shape index (κ2) is 39.0. The van der Waals surface area contributed by atoms with Crippen molar-refractivity contribution in [2.75, 3.05) is 132 Å². The first-order chi connectivity index (χ1) is 60.1. The van der Waals surface area contributed by atoms with Gasteiger partial charge in [-0.2, -0.15) is 0 Å². The van der Waals surface area contributed by atoms with Gasteiger partial charge >= 0.3 is 17.9 Å². The summed E-state index contributed by atoms with van der Waals surface area (Å²) in [6.07, 6.45) is 9.72. The maximum absolute atomic E-state index is 12.8. The molecule has 1 unspecified atom stereocenters. The number of aromatic nitrogens is 5.